The quantitative estimate of drug-likeness (QED) is 0.882. The Hall–Kier alpha value is -1.88. The molecule has 0 saturated carbocycles. The number of hydrogen-bond donors (Lipinski definition) is 1. The highest BCUT2D eigenvalue weighted by Crippen LogP contribution is 2.32. The Morgan fingerprint density at radius 2 is 2.00 bits per heavy atom. The first-order chi connectivity index (χ1) is 9.63. The van der Waals surface area contributed by atoms with Crippen molar-refractivity contribution in [1.29, 1.82) is 0 Å². The van der Waals surface area contributed by atoms with Crippen molar-refractivity contribution in [2.24, 2.45) is 5.92 Å². The predicted molar refractivity (Wildman–Crippen MR) is 73.4 cm³/mol. The van der Waals surface area contributed by atoms with Crippen LogP contribution in [0.15, 0.2) is 30.3 Å². The van der Waals surface area contributed by atoms with Gasteiger partial charge in [-0.05, 0) is 12.5 Å². The molecule has 0 spiro atoms. The summed E-state index contributed by atoms with van der Waals surface area (Å²) in [5, 5.41) is 9.35. The van der Waals surface area contributed by atoms with Gasteiger partial charge in [0.2, 0.25) is 5.91 Å². The number of ether oxygens (including phenoxy) is 1. The Bertz CT molecular complexity index is 474. The van der Waals surface area contributed by atoms with Crippen molar-refractivity contribution >= 4 is 11.9 Å². The van der Waals surface area contributed by atoms with Crippen molar-refractivity contribution in [2.45, 2.75) is 12.8 Å². The van der Waals surface area contributed by atoms with E-state index in [1.807, 2.05) is 37.3 Å². The topological polar surface area (TPSA) is 66.8 Å². The van der Waals surface area contributed by atoms with Crippen LogP contribution >= 0.6 is 0 Å². The molecule has 1 aliphatic heterocycles. The van der Waals surface area contributed by atoms with Crippen LogP contribution in [0, 0.1) is 5.92 Å². The molecule has 20 heavy (non-hydrogen) atoms. The van der Waals surface area contributed by atoms with Crippen molar-refractivity contribution in [3.05, 3.63) is 35.9 Å². The summed E-state index contributed by atoms with van der Waals surface area (Å²) in [6, 6.07) is 9.50. The van der Waals surface area contributed by atoms with Crippen molar-refractivity contribution < 1.29 is 19.4 Å². The second-order valence-electron chi connectivity index (χ2n) is 4.90. The summed E-state index contributed by atoms with van der Waals surface area (Å²) in [7, 11) is 0. The number of amides is 1. The van der Waals surface area contributed by atoms with E-state index < -0.39 is 11.9 Å². The minimum atomic E-state index is -0.856. The summed E-state index contributed by atoms with van der Waals surface area (Å²) in [5.74, 6) is -1.70. The molecular formula is C15H19NO4. The van der Waals surface area contributed by atoms with E-state index in [2.05, 4.69) is 0 Å². The molecule has 0 radical (unpaired) electrons. The van der Waals surface area contributed by atoms with Gasteiger partial charge >= 0.3 is 5.97 Å². The van der Waals surface area contributed by atoms with Crippen LogP contribution in [0.4, 0.5) is 0 Å². The van der Waals surface area contributed by atoms with Crippen LogP contribution in [-0.2, 0) is 14.3 Å². The lowest BCUT2D eigenvalue weighted by atomic mass is 9.89. The van der Waals surface area contributed by atoms with Gasteiger partial charge in [-0.2, -0.15) is 0 Å². The molecule has 1 aromatic carbocycles. The van der Waals surface area contributed by atoms with Gasteiger partial charge in [-0.3, -0.25) is 9.59 Å². The summed E-state index contributed by atoms with van der Waals surface area (Å²) in [4.78, 5) is 24.9. The summed E-state index contributed by atoms with van der Waals surface area (Å²) in [5.41, 5.74) is 0.964. The van der Waals surface area contributed by atoms with Gasteiger partial charge in [0.1, 0.15) is 6.61 Å². The molecule has 0 aromatic heterocycles. The van der Waals surface area contributed by atoms with E-state index in [0.29, 0.717) is 13.2 Å². The number of carbonyl (C=O) groups excluding carboxylic acids is 1. The monoisotopic (exact) mass is 277 g/mol. The number of aliphatic carboxylic acids is 1. The fraction of sp³-hybridized carbons (Fsp3) is 0.467. The molecule has 5 nitrogen and oxygen atoms in total. The van der Waals surface area contributed by atoms with Crippen molar-refractivity contribution in [2.75, 3.05) is 26.3 Å². The number of likely N-dealkylation sites (tertiary alicyclic amines) is 1. The maximum absolute atomic E-state index is 12.0. The number of carboxylic acid groups (broad SMARTS) is 1. The summed E-state index contributed by atoms with van der Waals surface area (Å²) >= 11 is 0. The summed E-state index contributed by atoms with van der Waals surface area (Å²) < 4.78 is 5.11. The number of nitrogens with zero attached hydrogens (tertiary/aromatic N) is 1. The molecule has 1 N–H and O–H groups in total. The predicted octanol–water partition coefficient (Wildman–Crippen LogP) is 1.35. The Balaban J connectivity index is 2.12. The molecule has 108 valence electrons. The molecule has 5 heteroatoms. The molecule has 1 aromatic rings. The SMILES string of the molecule is CCOCC(=O)N1C[C@H](C(=O)O)[C@H](c2ccccc2)C1. The van der Waals surface area contributed by atoms with Crippen molar-refractivity contribution in [3.8, 4) is 0 Å². The molecule has 0 unspecified atom stereocenters. The minimum absolute atomic E-state index is 0.0182. The number of hydrogen-bond acceptors (Lipinski definition) is 3. The van der Waals surface area contributed by atoms with Crippen LogP contribution in [0.2, 0.25) is 0 Å². The van der Waals surface area contributed by atoms with Crippen LogP contribution in [0.3, 0.4) is 0 Å². The zero-order chi connectivity index (χ0) is 14.5. The van der Waals surface area contributed by atoms with Crippen LogP contribution in [0.25, 0.3) is 0 Å². The maximum atomic E-state index is 12.0. The van der Waals surface area contributed by atoms with Gasteiger partial charge in [0.05, 0.1) is 5.92 Å². The first-order valence-electron chi connectivity index (χ1n) is 6.76. The molecule has 2 rings (SSSR count). The Morgan fingerprint density at radius 3 is 2.60 bits per heavy atom. The van der Waals surface area contributed by atoms with Crippen LogP contribution in [0.5, 0.6) is 0 Å². The fourth-order valence-corrected chi connectivity index (χ4v) is 2.58. The van der Waals surface area contributed by atoms with Gasteiger partial charge in [0, 0.05) is 25.6 Å². The number of rotatable bonds is 5. The minimum Gasteiger partial charge on any atom is -0.481 e. The zero-order valence-electron chi connectivity index (χ0n) is 11.5. The number of benzene rings is 1. The number of carbonyl (C=O) groups is 2. The van der Waals surface area contributed by atoms with Gasteiger partial charge in [-0.1, -0.05) is 30.3 Å². The van der Waals surface area contributed by atoms with E-state index in [1.54, 1.807) is 4.90 Å². The van der Waals surface area contributed by atoms with Gasteiger partial charge in [0.15, 0.2) is 0 Å². The standard InChI is InChI=1S/C15H19NO4/c1-2-20-10-14(17)16-8-12(13(9-16)15(18)19)11-6-4-3-5-7-11/h3-7,12-13H,2,8-10H2,1H3,(H,18,19)/t12-,13-/m0/s1. The normalized spacial score (nSPS) is 21.9. The molecular weight excluding hydrogens is 258 g/mol. The summed E-state index contributed by atoms with van der Waals surface area (Å²) in [6.07, 6.45) is 0. The van der Waals surface area contributed by atoms with Crippen LogP contribution in [0.1, 0.15) is 18.4 Å². The van der Waals surface area contributed by atoms with E-state index >= 15 is 0 Å². The molecule has 1 fully saturated rings. The maximum Gasteiger partial charge on any atom is 0.308 e. The fourth-order valence-electron chi connectivity index (χ4n) is 2.58. The van der Waals surface area contributed by atoms with Gasteiger partial charge in [-0.25, -0.2) is 0 Å². The van der Waals surface area contributed by atoms with Crippen molar-refractivity contribution in [3.63, 3.8) is 0 Å². The highest BCUT2D eigenvalue weighted by Gasteiger charge is 2.40. The second kappa shape index (κ2) is 6.52. The van der Waals surface area contributed by atoms with E-state index in [4.69, 9.17) is 4.74 Å². The summed E-state index contributed by atoms with van der Waals surface area (Å²) in [6.45, 7) is 3.01. The third-order valence-corrected chi connectivity index (χ3v) is 3.65. The zero-order valence-corrected chi connectivity index (χ0v) is 11.5. The molecule has 2 atom stereocenters. The Morgan fingerprint density at radius 1 is 1.30 bits per heavy atom. The second-order valence-corrected chi connectivity index (χ2v) is 4.90. The molecule has 0 aliphatic carbocycles. The number of carboxylic acids is 1. The van der Waals surface area contributed by atoms with E-state index in [-0.39, 0.29) is 25.0 Å². The van der Waals surface area contributed by atoms with E-state index in [9.17, 15) is 14.7 Å². The molecule has 0 bridgehead atoms. The van der Waals surface area contributed by atoms with Gasteiger partial charge in [-0.15, -0.1) is 0 Å². The lowest BCUT2D eigenvalue weighted by Crippen LogP contribution is -2.33. The molecule has 1 heterocycles. The third kappa shape index (κ3) is 3.17. The lowest BCUT2D eigenvalue weighted by molar-refractivity contribution is -0.142. The van der Waals surface area contributed by atoms with Gasteiger partial charge in [0.25, 0.3) is 0 Å². The largest absolute Gasteiger partial charge is 0.481 e. The van der Waals surface area contributed by atoms with Crippen LogP contribution < -0.4 is 0 Å². The lowest BCUT2D eigenvalue weighted by Gasteiger charge is -2.16. The van der Waals surface area contributed by atoms with E-state index in [0.717, 1.165) is 5.56 Å². The van der Waals surface area contributed by atoms with Gasteiger partial charge < -0.3 is 14.7 Å². The average Bonchev–Trinajstić information content (AvgIpc) is 2.91. The highest BCUT2D eigenvalue weighted by atomic mass is 16.5. The van der Waals surface area contributed by atoms with E-state index in [1.165, 1.54) is 0 Å². The third-order valence-electron chi connectivity index (χ3n) is 3.65. The first kappa shape index (κ1) is 14.5. The Labute approximate surface area is 118 Å². The van der Waals surface area contributed by atoms with Crippen molar-refractivity contribution in [1.82, 2.24) is 4.90 Å². The molecule has 1 aliphatic rings. The average molecular weight is 277 g/mol. The Kier molecular flexibility index (Phi) is 4.74. The molecule has 1 saturated heterocycles. The smallest absolute Gasteiger partial charge is 0.308 e. The highest BCUT2D eigenvalue weighted by molar-refractivity contribution is 5.80. The van der Waals surface area contributed by atoms with Crippen LogP contribution in [-0.4, -0.2) is 48.2 Å². The first-order valence-corrected chi connectivity index (χ1v) is 6.76. The molecule has 1 amide bonds.